The highest BCUT2D eigenvalue weighted by Crippen LogP contribution is 2.26. The summed E-state index contributed by atoms with van der Waals surface area (Å²) in [6, 6.07) is 10.5. The van der Waals surface area contributed by atoms with Gasteiger partial charge in [0.2, 0.25) is 0 Å². The van der Waals surface area contributed by atoms with Crippen molar-refractivity contribution in [2.24, 2.45) is 0 Å². The Hall–Kier alpha value is -2.51. The lowest BCUT2D eigenvalue weighted by atomic mass is 10.1. The van der Waals surface area contributed by atoms with E-state index in [2.05, 4.69) is 58.7 Å². The molecule has 1 fully saturated rings. The summed E-state index contributed by atoms with van der Waals surface area (Å²) in [7, 11) is 2.10. The molecule has 0 spiro atoms. The van der Waals surface area contributed by atoms with E-state index in [1.807, 2.05) is 16.9 Å². The fourth-order valence-electron chi connectivity index (χ4n) is 3.56. The maximum atomic E-state index is 5.63. The summed E-state index contributed by atoms with van der Waals surface area (Å²) < 4.78 is 7.68. The van der Waals surface area contributed by atoms with Crippen LogP contribution in [0.5, 0.6) is 0 Å². The predicted octanol–water partition coefficient (Wildman–Crippen LogP) is 2.51. The van der Waals surface area contributed by atoms with E-state index in [1.54, 1.807) is 0 Å². The van der Waals surface area contributed by atoms with E-state index in [0.717, 1.165) is 56.1 Å². The van der Waals surface area contributed by atoms with Gasteiger partial charge in [0.15, 0.2) is 5.82 Å². The molecular weight excluding hydrogens is 340 g/mol. The summed E-state index contributed by atoms with van der Waals surface area (Å²) in [5.41, 5.74) is 3.32. The molecule has 0 radical (unpaired) electrons. The second-order valence-electron chi connectivity index (χ2n) is 7.06. The van der Waals surface area contributed by atoms with Crippen molar-refractivity contribution < 1.29 is 4.52 Å². The summed E-state index contributed by atoms with van der Waals surface area (Å²) in [6.45, 7) is 5.72. The van der Waals surface area contributed by atoms with Crippen molar-refractivity contribution in [2.75, 3.05) is 26.7 Å². The van der Waals surface area contributed by atoms with Gasteiger partial charge in [-0.2, -0.15) is 10.1 Å². The molecule has 3 aromatic rings. The van der Waals surface area contributed by atoms with Crippen LogP contribution in [0, 0.1) is 0 Å². The van der Waals surface area contributed by atoms with Crippen molar-refractivity contribution >= 4 is 0 Å². The largest absolute Gasteiger partial charge is 0.334 e. The van der Waals surface area contributed by atoms with E-state index in [-0.39, 0.29) is 6.04 Å². The minimum absolute atomic E-state index is 0.144. The molecule has 4 rings (SSSR count). The average molecular weight is 366 g/mol. The van der Waals surface area contributed by atoms with Gasteiger partial charge in [0.1, 0.15) is 0 Å². The second kappa shape index (κ2) is 8.02. The lowest BCUT2D eigenvalue weighted by Gasteiger charge is -2.30. The molecule has 7 heteroatoms. The Morgan fingerprint density at radius 3 is 2.89 bits per heavy atom. The van der Waals surface area contributed by atoms with E-state index in [0.29, 0.717) is 5.89 Å². The highest BCUT2D eigenvalue weighted by atomic mass is 16.5. The number of likely N-dealkylation sites (N-methyl/N-ethyl adjacent to an activating group) is 1. The molecule has 3 heterocycles. The van der Waals surface area contributed by atoms with Crippen LogP contribution < -0.4 is 5.32 Å². The molecule has 1 unspecified atom stereocenters. The molecule has 1 saturated heterocycles. The first kappa shape index (κ1) is 17.9. The molecule has 1 aromatic carbocycles. The Bertz CT molecular complexity index is 872. The Labute approximate surface area is 159 Å². The number of rotatable bonds is 6. The van der Waals surface area contributed by atoms with Crippen molar-refractivity contribution in [3.8, 4) is 11.5 Å². The fourth-order valence-corrected chi connectivity index (χ4v) is 3.56. The van der Waals surface area contributed by atoms with Crippen LogP contribution in [0.3, 0.4) is 0 Å². The fraction of sp³-hybridized carbons (Fsp3) is 0.450. The summed E-state index contributed by atoms with van der Waals surface area (Å²) >= 11 is 0. The number of nitrogens with one attached hydrogen (secondary N) is 1. The quantitative estimate of drug-likeness (QED) is 0.723. The van der Waals surface area contributed by atoms with Crippen LogP contribution in [-0.4, -0.2) is 51.5 Å². The Morgan fingerprint density at radius 2 is 2.11 bits per heavy atom. The normalized spacial score (nSPS) is 18.1. The van der Waals surface area contributed by atoms with E-state index in [9.17, 15) is 0 Å². The average Bonchev–Trinajstić information content (AvgIpc) is 3.31. The van der Waals surface area contributed by atoms with Crippen molar-refractivity contribution in [1.82, 2.24) is 30.1 Å². The summed E-state index contributed by atoms with van der Waals surface area (Å²) in [6.07, 6.45) is 3.81. The number of aromatic nitrogens is 4. The Balaban J connectivity index is 1.62. The number of benzene rings is 1. The maximum Gasteiger partial charge on any atom is 0.261 e. The molecule has 7 nitrogen and oxygen atoms in total. The van der Waals surface area contributed by atoms with Crippen molar-refractivity contribution in [3.05, 3.63) is 53.6 Å². The summed E-state index contributed by atoms with van der Waals surface area (Å²) in [5.74, 6) is 1.30. The number of hydrogen-bond donors (Lipinski definition) is 1. The Morgan fingerprint density at radius 1 is 1.26 bits per heavy atom. The summed E-state index contributed by atoms with van der Waals surface area (Å²) in [5, 5.41) is 12.3. The van der Waals surface area contributed by atoms with Crippen LogP contribution in [0.2, 0.25) is 0 Å². The van der Waals surface area contributed by atoms with Crippen molar-refractivity contribution in [2.45, 2.75) is 32.4 Å². The van der Waals surface area contributed by atoms with Crippen LogP contribution in [-0.2, 0) is 13.0 Å². The zero-order valence-electron chi connectivity index (χ0n) is 15.9. The van der Waals surface area contributed by atoms with Gasteiger partial charge in [-0.25, -0.2) is 0 Å². The SMILES string of the molecule is CCCc1c(-c2nc(C3CNCCN3C)no2)cnn1Cc1ccccc1. The highest BCUT2D eigenvalue weighted by molar-refractivity contribution is 5.55. The third-order valence-corrected chi connectivity index (χ3v) is 5.09. The zero-order valence-corrected chi connectivity index (χ0v) is 15.9. The van der Waals surface area contributed by atoms with Crippen molar-refractivity contribution in [1.29, 1.82) is 0 Å². The van der Waals surface area contributed by atoms with E-state index < -0.39 is 0 Å². The zero-order chi connectivity index (χ0) is 18.6. The van der Waals surface area contributed by atoms with Gasteiger partial charge >= 0.3 is 0 Å². The van der Waals surface area contributed by atoms with E-state index in [4.69, 9.17) is 9.51 Å². The van der Waals surface area contributed by atoms with Crippen LogP contribution in [0.1, 0.15) is 36.5 Å². The third kappa shape index (κ3) is 3.79. The van der Waals surface area contributed by atoms with Crippen LogP contribution >= 0.6 is 0 Å². The lowest BCUT2D eigenvalue weighted by molar-refractivity contribution is 0.190. The van der Waals surface area contributed by atoms with Gasteiger partial charge in [-0.3, -0.25) is 9.58 Å². The standard InChI is InChI=1S/C20H26N6O/c1-3-7-17-16(12-22-26(17)14-15-8-5-4-6-9-15)20-23-19(24-27-20)18-13-21-10-11-25(18)2/h4-6,8-9,12,18,21H,3,7,10-11,13-14H2,1-2H3. The molecule has 1 atom stereocenters. The molecule has 0 amide bonds. The summed E-state index contributed by atoms with van der Waals surface area (Å²) in [4.78, 5) is 6.97. The van der Waals surface area contributed by atoms with E-state index in [1.165, 1.54) is 5.56 Å². The van der Waals surface area contributed by atoms with Crippen molar-refractivity contribution in [3.63, 3.8) is 0 Å². The highest BCUT2D eigenvalue weighted by Gasteiger charge is 2.26. The molecule has 142 valence electrons. The number of piperazine rings is 1. The van der Waals surface area contributed by atoms with Gasteiger partial charge in [-0.05, 0) is 19.0 Å². The van der Waals surface area contributed by atoms with Gasteiger partial charge < -0.3 is 9.84 Å². The molecule has 2 aromatic heterocycles. The molecule has 1 aliphatic rings. The molecule has 1 aliphatic heterocycles. The monoisotopic (exact) mass is 366 g/mol. The minimum atomic E-state index is 0.144. The topological polar surface area (TPSA) is 72.0 Å². The number of nitrogens with zero attached hydrogens (tertiary/aromatic N) is 5. The number of hydrogen-bond acceptors (Lipinski definition) is 6. The van der Waals surface area contributed by atoms with Gasteiger partial charge in [0, 0.05) is 19.6 Å². The van der Waals surface area contributed by atoms with Crippen LogP contribution in [0.4, 0.5) is 0 Å². The van der Waals surface area contributed by atoms with Crippen LogP contribution in [0.25, 0.3) is 11.5 Å². The Kier molecular flexibility index (Phi) is 5.31. The van der Waals surface area contributed by atoms with Gasteiger partial charge in [0.05, 0.1) is 30.0 Å². The third-order valence-electron chi connectivity index (χ3n) is 5.09. The first-order chi connectivity index (χ1) is 13.3. The minimum Gasteiger partial charge on any atom is -0.334 e. The maximum absolute atomic E-state index is 5.63. The molecule has 1 N–H and O–H groups in total. The lowest BCUT2D eigenvalue weighted by Crippen LogP contribution is -2.44. The van der Waals surface area contributed by atoms with Gasteiger partial charge in [-0.1, -0.05) is 48.8 Å². The molecular formula is C20H26N6O. The second-order valence-corrected chi connectivity index (χ2v) is 7.06. The van der Waals surface area contributed by atoms with Gasteiger partial charge in [0.25, 0.3) is 5.89 Å². The molecule has 0 bridgehead atoms. The van der Waals surface area contributed by atoms with E-state index >= 15 is 0 Å². The first-order valence-electron chi connectivity index (χ1n) is 9.59. The molecule has 0 aliphatic carbocycles. The first-order valence-corrected chi connectivity index (χ1v) is 9.59. The van der Waals surface area contributed by atoms with Gasteiger partial charge in [-0.15, -0.1) is 0 Å². The van der Waals surface area contributed by atoms with Crippen LogP contribution in [0.15, 0.2) is 41.1 Å². The smallest absolute Gasteiger partial charge is 0.261 e. The molecule has 27 heavy (non-hydrogen) atoms. The predicted molar refractivity (Wildman–Crippen MR) is 103 cm³/mol. The molecule has 0 saturated carbocycles.